The number of amides is 1. The lowest BCUT2D eigenvalue weighted by Crippen LogP contribution is -2.14. The number of carbonyl (C=O) groups is 2. The van der Waals surface area contributed by atoms with Gasteiger partial charge in [-0.05, 0) is 44.4 Å². The van der Waals surface area contributed by atoms with Crippen LogP contribution in [0.4, 0.5) is 15.5 Å². The van der Waals surface area contributed by atoms with E-state index in [-0.39, 0.29) is 12.2 Å². The first-order valence-corrected chi connectivity index (χ1v) is 8.24. The van der Waals surface area contributed by atoms with Gasteiger partial charge in [0.25, 0.3) is 0 Å². The number of hydrogen-bond donors (Lipinski definition) is 3. The number of carboxylic acid groups (broad SMARTS) is 1. The molecule has 0 saturated heterocycles. The fraction of sp³-hybridized carbons (Fsp3) is 0.250. The molecular formula is C16H18N4O4S. The Balaban J connectivity index is 2.25. The van der Waals surface area contributed by atoms with Crippen LogP contribution in [0.25, 0.3) is 0 Å². The zero-order valence-electron chi connectivity index (χ0n) is 14.0. The largest absolute Gasteiger partial charge is 0.478 e. The summed E-state index contributed by atoms with van der Waals surface area (Å²) in [5.41, 5.74) is 5.16. The Bertz CT molecular complexity index is 816. The van der Waals surface area contributed by atoms with Gasteiger partial charge in [-0.3, -0.25) is 10.7 Å². The predicted octanol–water partition coefficient (Wildman–Crippen LogP) is 3.55. The van der Waals surface area contributed by atoms with Crippen molar-refractivity contribution in [2.75, 3.05) is 17.3 Å². The second-order valence-corrected chi connectivity index (χ2v) is 5.75. The summed E-state index contributed by atoms with van der Waals surface area (Å²) in [6.07, 6.45) is -0.565. The number of anilines is 2. The van der Waals surface area contributed by atoms with Crippen LogP contribution >= 0.6 is 11.5 Å². The number of para-hydroxylation sites is 1. The molecule has 0 saturated carbocycles. The van der Waals surface area contributed by atoms with E-state index >= 15 is 0 Å². The topological polar surface area (TPSA) is 113 Å². The Morgan fingerprint density at radius 3 is 2.76 bits per heavy atom. The maximum atomic E-state index is 11.6. The molecule has 1 heterocycles. The van der Waals surface area contributed by atoms with Crippen LogP contribution in [0, 0.1) is 6.92 Å². The summed E-state index contributed by atoms with van der Waals surface area (Å²) in [5.74, 6) is -1.05. The average Bonchev–Trinajstić information content (AvgIpc) is 2.93. The summed E-state index contributed by atoms with van der Waals surface area (Å²) in [6.45, 7) is 5.52. The number of nitrogens with one attached hydrogen (secondary N) is 2. The van der Waals surface area contributed by atoms with Gasteiger partial charge in [0.2, 0.25) is 0 Å². The molecular weight excluding hydrogens is 344 g/mol. The van der Waals surface area contributed by atoms with Gasteiger partial charge in [-0.1, -0.05) is 12.1 Å². The molecule has 0 aliphatic heterocycles. The van der Waals surface area contributed by atoms with Crippen molar-refractivity contribution in [3.63, 3.8) is 0 Å². The van der Waals surface area contributed by atoms with Gasteiger partial charge in [-0.25, -0.2) is 9.59 Å². The first-order chi connectivity index (χ1) is 11.9. The van der Waals surface area contributed by atoms with Gasteiger partial charge in [-0.15, -0.1) is 0 Å². The number of carbonyl (C=O) groups excluding carboxylic acids is 1. The predicted molar refractivity (Wildman–Crippen MR) is 96.7 cm³/mol. The smallest absolute Gasteiger partial charge is 0.412 e. The molecule has 0 spiro atoms. The van der Waals surface area contributed by atoms with Gasteiger partial charge in [0, 0.05) is 0 Å². The second-order valence-electron chi connectivity index (χ2n) is 4.98. The molecule has 2 aromatic rings. The lowest BCUT2D eigenvalue weighted by molar-refractivity contribution is 0.0698. The van der Waals surface area contributed by atoms with Crippen molar-refractivity contribution in [1.29, 1.82) is 0 Å². The number of aryl methyl sites for hydroxylation is 1. The number of aromatic carboxylic acids is 1. The minimum Gasteiger partial charge on any atom is -0.478 e. The van der Waals surface area contributed by atoms with Crippen molar-refractivity contribution in [2.45, 2.75) is 20.8 Å². The van der Waals surface area contributed by atoms with Gasteiger partial charge in [0.15, 0.2) is 0 Å². The number of hydrazone groups is 1. The first kappa shape index (κ1) is 18.4. The fourth-order valence-corrected chi connectivity index (χ4v) is 2.94. The SMILES string of the molecule is CCOC(=O)Nc1snc(C)c1/C(C)=N/Nc1ccccc1C(=O)O. The van der Waals surface area contributed by atoms with Crippen LogP contribution in [-0.2, 0) is 4.74 Å². The van der Waals surface area contributed by atoms with E-state index in [4.69, 9.17) is 4.74 Å². The minimum atomic E-state index is -1.05. The summed E-state index contributed by atoms with van der Waals surface area (Å²) in [5, 5.41) is 16.6. The molecule has 1 amide bonds. The van der Waals surface area contributed by atoms with Crippen molar-refractivity contribution < 1.29 is 19.4 Å². The zero-order chi connectivity index (χ0) is 18.4. The number of benzene rings is 1. The molecule has 1 aromatic carbocycles. The van der Waals surface area contributed by atoms with E-state index in [1.54, 1.807) is 39.0 Å². The number of hydrogen-bond acceptors (Lipinski definition) is 7. The summed E-state index contributed by atoms with van der Waals surface area (Å²) in [7, 11) is 0. The maximum absolute atomic E-state index is 11.6. The number of aromatic nitrogens is 1. The van der Waals surface area contributed by atoms with E-state index in [9.17, 15) is 14.7 Å². The molecule has 0 aliphatic rings. The maximum Gasteiger partial charge on any atom is 0.412 e. The third-order valence-electron chi connectivity index (χ3n) is 3.22. The van der Waals surface area contributed by atoms with Gasteiger partial charge >= 0.3 is 12.1 Å². The van der Waals surface area contributed by atoms with E-state index in [1.807, 2.05) is 0 Å². The number of ether oxygens (including phenoxy) is 1. The quantitative estimate of drug-likeness (QED) is 0.535. The van der Waals surface area contributed by atoms with Crippen LogP contribution in [0.1, 0.15) is 35.5 Å². The van der Waals surface area contributed by atoms with Crippen LogP contribution in [0.2, 0.25) is 0 Å². The van der Waals surface area contributed by atoms with E-state index in [1.165, 1.54) is 6.07 Å². The van der Waals surface area contributed by atoms with Crippen LogP contribution in [-0.4, -0.2) is 33.9 Å². The highest BCUT2D eigenvalue weighted by molar-refractivity contribution is 7.11. The molecule has 8 nitrogen and oxygen atoms in total. The number of nitrogens with zero attached hydrogens (tertiary/aromatic N) is 2. The lowest BCUT2D eigenvalue weighted by Gasteiger charge is -2.08. The summed E-state index contributed by atoms with van der Waals surface area (Å²) >= 11 is 1.12. The van der Waals surface area contributed by atoms with Crippen molar-refractivity contribution in [3.8, 4) is 0 Å². The Kier molecular flexibility index (Phi) is 6.07. The highest BCUT2D eigenvalue weighted by Crippen LogP contribution is 2.26. The second kappa shape index (κ2) is 8.25. The van der Waals surface area contributed by atoms with E-state index in [2.05, 4.69) is 20.2 Å². The molecule has 0 aliphatic carbocycles. The summed E-state index contributed by atoms with van der Waals surface area (Å²) < 4.78 is 9.09. The van der Waals surface area contributed by atoms with Crippen molar-refractivity contribution in [1.82, 2.24) is 4.37 Å². The fourth-order valence-electron chi connectivity index (χ4n) is 2.11. The monoisotopic (exact) mass is 362 g/mol. The zero-order valence-corrected chi connectivity index (χ0v) is 14.8. The standard InChI is InChI=1S/C16H18N4O4S/c1-4-24-16(23)17-14-13(10(3)20-25-14)9(2)18-19-12-8-6-5-7-11(12)15(21)22/h5-8,19H,4H2,1-3H3,(H,17,23)(H,21,22)/b18-9+. The Morgan fingerprint density at radius 1 is 1.36 bits per heavy atom. The molecule has 3 N–H and O–H groups in total. The van der Waals surface area contributed by atoms with Crippen LogP contribution in [0.3, 0.4) is 0 Å². The minimum absolute atomic E-state index is 0.115. The Hall–Kier alpha value is -2.94. The van der Waals surface area contributed by atoms with Gasteiger partial charge < -0.3 is 9.84 Å². The first-order valence-electron chi connectivity index (χ1n) is 7.47. The molecule has 0 radical (unpaired) electrons. The van der Waals surface area contributed by atoms with Crippen LogP contribution in [0.15, 0.2) is 29.4 Å². The molecule has 9 heteroatoms. The summed E-state index contributed by atoms with van der Waals surface area (Å²) in [6, 6.07) is 6.46. The molecule has 0 atom stereocenters. The van der Waals surface area contributed by atoms with Crippen molar-refractivity contribution >= 4 is 40.0 Å². The molecule has 0 unspecified atom stereocenters. The molecule has 0 fully saturated rings. The highest BCUT2D eigenvalue weighted by atomic mass is 32.1. The van der Waals surface area contributed by atoms with Crippen LogP contribution < -0.4 is 10.7 Å². The van der Waals surface area contributed by atoms with Crippen molar-refractivity contribution in [3.05, 3.63) is 41.1 Å². The average molecular weight is 362 g/mol. The number of carboxylic acids is 1. The molecule has 0 bridgehead atoms. The lowest BCUT2D eigenvalue weighted by atomic mass is 10.1. The number of rotatable bonds is 6. The van der Waals surface area contributed by atoms with Gasteiger partial charge in [0.1, 0.15) is 5.00 Å². The van der Waals surface area contributed by atoms with Gasteiger partial charge in [0.05, 0.1) is 34.8 Å². The van der Waals surface area contributed by atoms with E-state index in [0.717, 1.165) is 11.5 Å². The van der Waals surface area contributed by atoms with Crippen molar-refractivity contribution in [2.24, 2.45) is 5.10 Å². The molecule has 2 rings (SSSR count). The summed E-state index contributed by atoms with van der Waals surface area (Å²) in [4.78, 5) is 22.8. The Labute approximate surface area is 148 Å². The highest BCUT2D eigenvalue weighted by Gasteiger charge is 2.17. The Morgan fingerprint density at radius 2 is 2.08 bits per heavy atom. The van der Waals surface area contributed by atoms with E-state index < -0.39 is 12.1 Å². The third-order valence-corrected chi connectivity index (χ3v) is 4.07. The van der Waals surface area contributed by atoms with E-state index in [0.29, 0.717) is 27.7 Å². The molecule has 25 heavy (non-hydrogen) atoms. The third kappa shape index (κ3) is 4.54. The molecule has 1 aromatic heterocycles. The normalized spacial score (nSPS) is 11.1. The van der Waals surface area contributed by atoms with Crippen LogP contribution in [0.5, 0.6) is 0 Å². The molecule has 132 valence electrons. The van der Waals surface area contributed by atoms with Gasteiger partial charge in [-0.2, -0.15) is 9.47 Å².